The third-order valence-corrected chi connectivity index (χ3v) is 6.32. The Balaban J connectivity index is 2.03. The van der Waals surface area contributed by atoms with Crippen molar-refractivity contribution in [3.05, 3.63) is 35.4 Å². The highest BCUT2D eigenvalue weighted by molar-refractivity contribution is 7.86. The van der Waals surface area contributed by atoms with Crippen LogP contribution < -0.4 is 0 Å². The van der Waals surface area contributed by atoms with Crippen LogP contribution in [0.1, 0.15) is 36.2 Å². The van der Waals surface area contributed by atoms with Gasteiger partial charge in [0.15, 0.2) is 0 Å². The van der Waals surface area contributed by atoms with Crippen molar-refractivity contribution < 1.29 is 13.2 Å². The maximum Gasteiger partial charge on any atom is 0.281 e. The normalized spacial score (nSPS) is 17.1. The molecule has 0 aliphatic carbocycles. The molecule has 1 amide bonds. The molecule has 1 aromatic rings. The molecule has 0 unspecified atom stereocenters. The molecule has 1 heterocycles. The molecule has 2 rings (SSSR count). The number of carbonyl (C=O) groups excluding carboxylic acids is 1. The number of hydrogen-bond donors (Lipinski definition) is 0. The fraction of sp³-hybridized carbons (Fsp3) is 0.611. The molecule has 0 N–H and O–H groups in total. The molecule has 1 saturated heterocycles. The Bertz CT molecular complexity index is 684. The molecule has 1 fully saturated rings. The fourth-order valence-corrected chi connectivity index (χ4v) is 4.13. The first-order valence-corrected chi connectivity index (χ1v) is 10.2. The summed E-state index contributed by atoms with van der Waals surface area (Å²) in [5.74, 6) is 0.553. The molecule has 6 nitrogen and oxygen atoms in total. The quantitative estimate of drug-likeness (QED) is 0.798. The number of nitrogens with zero attached hydrogens (tertiary/aromatic N) is 3. The van der Waals surface area contributed by atoms with Gasteiger partial charge >= 0.3 is 0 Å². The van der Waals surface area contributed by atoms with Crippen molar-refractivity contribution >= 4 is 16.1 Å². The van der Waals surface area contributed by atoms with Gasteiger partial charge in [-0.3, -0.25) is 4.79 Å². The average molecular weight is 368 g/mol. The van der Waals surface area contributed by atoms with Gasteiger partial charge in [-0.25, -0.2) is 0 Å². The van der Waals surface area contributed by atoms with Crippen molar-refractivity contribution in [3.63, 3.8) is 0 Å². The number of carbonyl (C=O) groups is 1. The van der Waals surface area contributed by atoms with E-state index in [1.807, 2.05) is 24.3 Å². The van der Waals surface area contributed by atoms with Crippen LogP contribution in [-0.2, 0) is 16.6 Å². The summed E-state index contributed by atoms with van der Waals surface area (Å²) in [4.78, 5) is 14.5. The Morgan fingerprint density at radius 1 is 1.08 bits per heavy atom. The first-order chi connectivity index (χ1) is 11.7. The Morgan fingerprint density at radius 2 is 1.72 bits per heavy atom. The monoisotopic (exact) mass is 367 g/mol. The standard InChI is InChI=1S/C18H29N3O3S/c1-15(2)14-16-6-8-17(9-7-16)18(22)20-10-5-11-21(13-12-20)25(23,24)19(3)4/h6-9,15H,5,10-14H2,1-4H3. The Morgan fingerprint density at radius 3 is 2.28 bits per heavy atom. The maximum atomic E-state index is 12.7. The first kappa shape index (κ1) is 19.9. The number of rotatable bonds is 5. The lowest BCUT2D eigenvalue weighted by Gasteiger charge is -2.24. The largest absolute Gasteiger partial charge is 0.337 e. The zero-order chi connectivity index (χ0) is 18.6. The van der Waals surface area contributed by atoms with E-state index in [4.69, 9.17) is 0 Å². The van der Waals surface area contributed by atoms with E-state index in [1.165, 1.54) is 28.3 Å². The van der Waals surface area contributed by atoms with Crippen molar-refractivity contribution in [1.29, 1.82) is 0 Å². The van der Waals surface area contributed by atoms with E-state index in [1.54, 1.807) is 4.90 Å². The molecule has 140 valence electrons. The second kappa shape index (κ2) is 8.29. The van der Waals surface area contributed by atoms with Gasteiger partial charge in [-0.2, -0.15) is 17.0 Å². The predicted octanol–water partition coefficient (Wildman–Crippen LogP) is 1.84. The second-order valence-corrected chi connectivity index (χ2v) is 9.27. The molecule has 0 bridgehead atoms. The van der Waals surface area contributed by atoms with Crippen LogP contribution in [0.25, 0.3) is 0 Å². The molecule has 7 heteroatoms. The summed E-state index contributed by atoms with van der Waals surface area (Å²) in [5.41, 5.74) is 1.89. The summed E-state index contributed by atoms with van der Waals surface area (Å²) in [6, 6.07) is 7.76. The summed E-state index contributed by atoms with van der Waals surface area (Å²) in [6.07, 6.45) is 1.64. The molecule has 1 aliphatic heterocycles. The van der Waals surface area contributed by atoms with Crippen LogP contribution in [0.5, 0.6) is 0 Å². The van der Waals surface area contributed by atoms with E-state index in [0.717, 1.165) is 6.42 Å². The van der Waals surface area contributed by atoms with Gasteiger partial charge in [0.05, 0.1) is 0 Å². The molecule has 1 aliphatic rings. The van der Waals surface area contributed by atoms with Gasteiger partial charge in [-0.15, -0.1) is 0 Å². The molecule has 0 atom stereocenters. The highest BCUT2D eigenvalue weighted by Gasteiger charge is 2.28. The fourth-order valence-electron chi connectivity index (χ4n) is 3.00. The van der Waals surface area contributed by atoms with Gasteiger partial charge in [0.1, 0.15) is 0 Å². The van der Waals surface area contributed by atoms with Crippen LogP contribution in [0.3, 0.4) is 0 Å². The summed E-state index contributed by atoms with van der Waals surface area (Å²) in [5, 5.41) is 0. The molecule has 25 heavy (non-hydrogen) atoms. The number of amides is 1. The molecule has 1 aromatic carbocycles. The van der Waals surface area contributed by atoms with Crippen molar-refractivity contribution in [3.8, 4) is 0 Å². The lowest BCUT2D eigenvalue weighted by atomic mass is 10.0. The van der Waals surface area contributed by atoms with Crippen LogP contribution in [0.15, 0.2) is 24.3 Å². The van der Waals surface area contributed by atoms with Crippen molar-refractivity contribution in [2.75, 3.05) is 40.3 Å². The Hall–Kier alpha value is -1.44. The minimum Gasteiger partial charge on any atom is -0.337 e. The number of hydrogen-bond acceptors (Lipinski definition) is 3. The minimum absolute atomic E-state index is 0.0276. The van der Waals surface area contributed by atoms with Crippen LogP contribution in [-0.4, -0.2) is 68.1 Å². The van der Waals surface area contributed by atoms with Crippen molar-refractivity contribution in [1.82, 2.24) is 13.5 Å². The van der Waals surface area contributed by atoms with E-state index in [-0.39, 0.29) is 5.91 Å². The first-order valence-electron chi connectivity index (χ1n) is 8.77. The average Bonchev–Trinajstić information content (AvgIpc) is 2.80. The van der Waals surface area contributed by atoms with E-state index in [2.05, 4.69) is 13.8 Å². The molecule has 0 radical (unpaired) electrons. The third-order valence-electron chi connectivity index (χ3n) is 4.37. The summed E-state index contributed by atoms with van der Waals surface area (Å²) in [7, 11) is -0.366. The van der Waals surface area contributed by atoms with Crippen LogP contribution in [0, 0.1) is 5.92 Å². The van der Waals surface area contributed by atoms with Gasteiger partial charge in [-0.05, 0) is 36.5 Å². The molecule has 0 spiro atoms. The zero-order valence-corrected chi connectivity index (χ0v) is 16.4. The second-order valence-electron chi connectivity index (χ2n) is 7.13. The van der Waals surface area contributed by atoms with E-state index in [9.17, 15) is 13.2 Å². The van der Waals surface area contributed by atoms with Crippen LogP contribution >= 0.6 is 0 Å². The van der Waals surface area contributed by atoms with Gasteiger partial charge in [-0.1, -0.05) is 26.0 Å². The Kier molecular flexibility index (Phi) is 6.59. The van der Waals surface area contributed by atoms with Gasteiger partial charge < -0.3 is 4.90 Å². The highest BCUT2D eigenvalue weighted by Crippen LogP contribution is 2.15. The van der Waals surface area contributed by atoms with Crippen LogP contribution in [0.4, 0.5) is 0 Å². The number of benzene rings is 1. The van der Waals surface area contributed by atoms with Crippen molar-refractivity contribution in [2.45, 2.75) is 26.7 Å². The molecule has 0 saturated carbocycles. The minimum atomic E-state index is -3.43. The lowest BCUT2D eigenvalue weighted by Crippen LogP contribution is -2.42. The topological polar surface area (TPSA) is 60.9 Å². The lowest BCUT2D eigenvalue weighted by molar-refractivity contribution is 0.0764. The third kappa shape index (κ3) is 5.03. The molecular weight excluding hydrogens is 338 g/mol. The molecular formula is C18H29N3O3S. The SMILES string of the molecule is CC(C)Cc1ccc(C(=O)N2CCCN(S(=O)(=O)N(C)C)CC2)cc1. The van der Waals surface area contributed by atoms with Crippen molar-refractivity contribution in [2.24, 2.45) is 5.92 Å². The van der Waals surface area contributed by atoms with Crippen LogP contribution in [0.2, 0.25) is 0 Å². The summed E-state index contributed by atoms with van der Waals surface area (Å²) >= 11 is 0. The maximum absolute atomic E-state index is 12.7. The van der Waals surface area contributed by atoms with E-state index in [0.29, 0.717) is 44.1 Å². The Labute approximate surface area is 151 Å². The van der Waals surface area contributed by atoms with Gasteiger partial charge in [0.25, 0.3) is 16.1 Å². The summed E-state index contributed by atoms with van der Waals surface area (Å²) in [6.45, 7) is 6.11. The van der Waals surface area contributed by atoms with Gasteiger partial charge in [0, 0.05) is 45.8 Å². The highest BCUT2D eigenvalue weighted by atomic mass is 32.2. The summed E-state index contributed by atoms with van der Waals surface area (Å²) < 4.78 is 27.2. The van der Waals surface area contributed by atoms with E-state index >= 15 is 0 Å². The predicted molar refractivity (Wildman–Crippen MR) is 99.7 cm³/mol. The molecule has 0 aromatic heterocycles. The smallest absolute Gasteiger partial charge is 0.281 e. The van der Waals surface area contributed by atoms with E-state index < -0.39 is 10.2 Å². The zero-order valence-electron chi connectivity index (χ0n) is 15.6. The van der Waals surface area contributed by atoms with Gasteiger partial charge in [0.2, 0.25) is 0 Å².